The number of phenolic OH excluding ortho intramolecular Hbond substituents is 2. The smallest absolute Gasteiger partial charge is 0.123 e. The maximum Gasteiger partial charge on any atom is 0.123 e. The Morgan fingerprint density at radius 1 is 0.594 bits per heavy atom. The molecular formula is C30H30O2. The molecule has 0 heterocycles. The minimum atomic E-state index is 0.235. The Balaban J connectivity index is 0.00000119. The van der Waals surface area contributed by atoms with Crippen LogP contribution < -0.4 is 0 Å². The molecule has 4 bridgehead atoms. The highest BCUT2D eigenvalue weighted by atomic mass is 16.3. The van der Waals surface area contributed by atoms with Crippen LogP contribution in [-0.2, 0) is 12.8 Å². The number of aryl methyl sites for hydroxylation is 2. The number of aromatic hydroxyl groups is 2. The number of benzene rings is 4. The largest absolute Gasteiger partial charge is 0.508 e. The summed E-state index contributed by atoms with van der Waals surface area (Å²) in [5, 5.41) is 21.1. The standard InChI is InChI=1S/C28H24O2.C2H6/c1-17-6-8-24-21-5-3-4-19(13-21)12-20-7-9-27(29)26(14-20)25-16-28(30)18(2)11-23(25)15-22(24)10-17;1-2/h3-11,13-14,16,29-30H,12,15H2,1-2H3;1-2H3. The average Bonchev–Trinajstić information content (AvgIpc) is 2.79. The normalized spacial score (nSPS) is 11.8. The van der Waals surface area contributed by atoms with Crippen LogP contribution >= 0.6 is 0 Å². The molecule has 0 amide bonds. The van der Waals surface area contributed by atoms with Crippen LogP contribution in [-0.4, -0.2) is 10.2 Å². The molecule has 1 aliphatic carbocycles. The number of phenols is 2. The third kappa shape index (κ3) is 4.13. The molecule has 2 heteroatoms. The van der Waals surface area contributed by atoms with Crippen molar-refractivity contribution in [3.05, 3.63) is 106 Å². The van der Waals surface area contributed by atoms with E-state index < -0.39 is 0 Å². The van der Waals surface area contributed by atoms with E-state index >= 15 is 0 Å². The van der Waals surface area contributed by atoms with E-state index in [-0.39, 0.29) is 11.5 Å². The topological polar surface area (TPSA) is 40.5 Å². The van der Waals surface area contributed by atoms with Crippen molar-refractivity contribution in [3.8, 4) is 33.8 Å². The molecule has 0 fully saturated rings. The van der Waals surface area contributed by atoms with E-state index in [1.165, 1.54) is 27.8 Å². The number of fused-ring (bicyclic) bond motifs is 8. The Morgan fingerprint density at radius 2 is 1.34 bits per heavy atom. The minimum Gasteiger partial charge on any atom is -0.508 e. The van der Waals surface area contributed by atoms with Crippen molar-refractivity contribution in [1.82, 2.24) is 0 Å². The molecule has 4 aromatic rings. The van der Waals surface area contributed by atoms with Crippen molar-refractivity contribution in [2.24, 2.45) is 0 Å². The van der Waals surface area contributed by atoms with Crippen LogP contribution in [0.1, 0.15) is 47.2 Å². The average molecular weight is 423 g/mol. The molecule has 5 rings (SSSR count). The van der Waals surface area contributed by atoms with Crippen LogP contribution in [0.15, 0.2) is 72.8 Å². The van der Waals surface area contributed by atoms with Crippen LogP contribution in [0.2, 0.25) is 0 Å². The fourth-order valence-corrected chi connectivity index (χ4v) is 4.50. The molecule has 0 saturated heterocycles. The fraction of sp³-hybridized carbons (Fsp3) is 0.200. The van der Waals surface area contributed by atoms with Gasteiger partial charge in [-0.2, -0.15) is 0 Å². The Labute approximate surface area is 190 Å². The lowest BCUT2D eigenvalue weighted by molar-refractivity contribution is 0.470. The number of hydrogen-bond donors (Lipinski definition) is 2. The summed E-state index contributed by atoms with van der Waals surface area (Å²) in [6.45, 7) is 8.04. The predicted octanol–water partition coefficient (Wildman–Crippen LogP) is 7.57. The maximum atomic E-state index is 10.7. The van der Waals surface area contributed by atoms with Crippen molar-refractivity contribution >= 4 is 0 Å². The van der Waals surface area contributed by atoms with Gasteiger partial charge in [0.05, 0.1) is 0 Å². The first kappa shape index (κ1) is 21.7. The van der Waals surface area contributed by atoms with Crippen molar-refractivity contribution in [3.63, 3.8) is 0 Å². The number of hydrogen-bond acceptors (Lipinski definition) is 2. The lowest BCUT2D eigenvalue weighted by Gasteiger charge is -2.19. The molecule has 0 aromatic heterocycles. The van der Waals surface area contributed by atoms with Gasteiger partial charge in [0.15, 0.2) is 0 Å². The molecule has 0 aliphatic heterocycles. The van der Waals surface area contributed by atoms with E-state index in [0.717, 1.165) is 40.7 Å². The van der Waals surface area contributed by atoms with Crippen LogP contribution in [0.3, 0.4) is 0 Å². The monoisotopic (exact) mass is 422 g/mol. The van der Waals surface area contributed by atoms with Gasteiger partial charge in [0.2, 0.25) is 0 Å². The van der Waals surface area contributed by atoms with E-state index in [9.17, 15) is 10.2 Å². The third-order valence-electron chi connectivity index (χ3n) is 6.06. The highest BCUT2D eigenvalue weighted by molar-refractivity contribution is 5.78. The fourth-order valence-electron chi connectivity index (χ4n) is 4.50. The summed E-state index contributed by atoms with van der Waals surface area (Å²) in [6, 6.07) is 25.0. The van der Waals surface area contributed by atoms with Gasteiger partial charge < -0.3 is 10.2 Å². The molecule has 0 unspecified atom stereocenters. The Hall–Kier alpha value is -3.52. The second-order valence-electron chi connectivity index (χ2n) is 8.36. The molecule has 2 N–H and O–H groups in total. The zero-order valence-corrected chi connectivity index (χ0v) is 19.2. The first-order valence-corrected chi connectivity index (χ1v) is 11.3. The van der Waals surface area contributed by atoms with Gasteiger partial charge in [-0.15, -0.1) is 0 Å². The van der Waals surface area contributed by atoms with Crippen LogP contribution in [0.25, 0.3) is 22.3 Å². The van der Waals surface area contributed by atoms with Crippen molar-refractivity contribution in [2.75, 3.05) is 0 Å². The molecule has 0 atom stereocenters. The van der Waals surface area contributed by atoms with Gasteiger partial charge in [-0.25, -0.2) is 0 Å². The van der Waals surface area contributed by atoms with Gasteiger partial charge in [-0.3, -0.25) is 0 Å². The summed E-state index contributed by atoms with van der Waals surface area (Å²) < 4.78 is 0. The van der Waals surface area contributed by atoms with E-state index in [1.807, 2.05) is 39.0 Å². The lowest BCUT2D eigenvalue weighted by Crippen LogP contribution is -2.00. The maximum absolute atomic E-state index is 10.7. The molecule has 32 heavy (non-hydrogen) atoms. The SMILES string of the molecule is CC.Cc1ccc2c(c1)Cc1cc(C)c(O)cc1-c1cc(ccc1O)Cc1cccc-2c1. The summed E-state index contributed by atoms with van der Waals surface area (Å²) >= 11 is 0. The summed E-state index contributed by atoms with van der Waals surface area (Å²) in [7, 11) is 0. The van der Waals surface area contributed by atoms with Crippen molar-refractivity contribution < 1.29 is 10.2 Å². The van der Waals surface area contributed by atoms with Crippen molar-refractivity contribution in [1.29, 1.82) is 0 Å². The van der Waals surface area contributed by atoms with Gasteiger partial charge in [0.25, 0.3) is 0 Å². The molecule has 0 saturated carbocycles. The number of rotatable bonds is 0. The van der Waals surface area contributed by atoms with Crippen LogP contribution in [0.4, 0.5) is 0 Å². The quantitative estimate of drug-likeness (QED) is 0.270. The molecular weight excluding hydrogens is 392 g/mol. The second-order valence-corrected chi connectivity index (χ2v) is 8.36. The van der Waals surface area contributed by atoms with Crippen LogP contribution in [0.5, 0.6) is 11.5 Å². The van der Waals surface area contributed by atoms with Gasteiger partial charge in [0.1, 0.15) is 11.5 Å². The molecule has 0 spiro atoms. The summed E-state index contributed by atoms with van der Waals surface area (Å²) in [5.74, 6) is 0.485. The highest BCUT2D eigenvalue weighted by Crippen LogP contribution is 2.39. The predicted molar refractivity (Wildman–Crippen MR) is 134 cm³/mol. The van der Waals surface area contributed by atoms with Crippen molar-refractivity contribution in [2.45, 2.75) is 40.5 Å². The first-order chi connectivity index (χ1) is 15.5. The van der Waals surface area contributed by atoms with E-state index in [4.69, 9.17) is 0 Å². The Kier molecular flexibility index (Phi) is 6.05. The third-order valence-corrected chi connectivity index (χ3v) is 6.06. The van der Waals surface area contributed by atoms with Gasteiger partial charge in [-0.1, -0.05) is 74.0 Å². The lowest BCUT2D eigenvalue weighted by atomic mass is 9.86. The zero-order chi connectivity index (χ0) is 22.8. The summed E-state index contributed by atoms with van der Waals surface area (Å²) in [6.07, 6.45) is 1.51. The molecule has 4 aromatic carbocycles. The summed E-state index contributed by atoms with van der Waals surface area (Å²) in [4.78, 5) is 0. The first-order valence-electron chi connectivity index (χ1n) is 11.3. The molecule has 162 valence electrons. The molecule has 0 radical (unpaired) electrons. The summed E-state index contributed by atoms with van der Waals surface area (Å²) in [5.41, 5.74) is 10.9. The van der Waals surface area contributed by atoms with E-state index in [2.05, 4.69) is 49.4 Å². The Morgan fingerprint density at radius 3 is 2.16 bits per heavy atom. The zero-order valence-electron chi connectivity index (χ0n) is 19.2. The van der Waals surface area contributed by atoms with Crippen LogP contribution in [0, 0.1) is 13.8 Å². The van der Waals surface area contributed by atoms with Gasteiger partial charge in [-0.05, 0) is 89.4 Å². The Bertz CT molecular complexity index is 1280. The molecule has 2 nitrogen and oxygen atoms in total. The second kappa shape index (κ2) is 8.92. The van der Waals surface area contributed by atoms with E-state index in [1.54, 1.807) is 12.1 Å². The minimum absolute atomic E-state index is 0.235. The van der Waals surface area contributed by atoms with E-state index in [0.29, 0.717) is 0 Å². The molecule has 1 aliphatic rings. The highest BCUT2D eigenvalue weighted by Gasteiger charge is 2.17. The van der Waals surface area contributed by atoms with Gasteiger partial charge >= 0.3 is 0 Å². The van der Waals surface area contributed by atoms with Gasteiger partial charge in [0, 0.05) is 5.56 Å².